The molecule has 10 heavy (non-hydrogen) atoms. The molecular weight excluding hydrogens is 130 g/mol. The van der Waals surface area contributed by atoms with Gasteiger partial charge < -0.3 is 9.52 Å². The molecule has 0 bridgehead atoms. The monoisotopic (exact) mass is 135 g/mol. The van der Waals surface area contributed by atoms with Crippen molar-refractivity contribution >= 4 is 10.9 Å². The highest BCUT2D eigenvalue weighted by atomic mass is 16.5. The van der Waals surface area contributed by atoms with Crippen LogP contribution in [0.25, 0.3) is 10.9 Å². The molecule has 1 N–H and O–H groups in total. The number of hydrogen-bond donors (Lipinski definition) is 1. The molecule has 0 radical (unpaired) electrons. The smallest absolute Gasteiger partial charge is 0.291 e. The predicted octanol–water partition coefficient (Wildman–Crippen LogP) is 1.53. The fourth-order valence-corrected chi connectivity index (χ4v) is 0.867. The fourth-order valence-electron chi connectivity index (χ4n) is 0.867. The van der Waals surface area contributed by atoms with Crippen LogP contribution in [0, 0.1) is 0 Å². The summed E-state index contributed by atoms with van der Waals surface area (Å²) in [4.78, 5) is 3.95. The molecule has 0 aliphatic rings. The number of furan rings is 1. The van der Waals surface area contributed by atoms with Crippen LogP contribution < -0.4 is 0 Å². The average molecular weight is 135 g/mol. The highest BCUT2D eigenvalue weighted by molar-refractivity contribution is 5.82. The number of pyridine rings is 1. The topological polar surface area (TPSA) is 46.3 Å². The molecule has 0 aromatic carbocycles. The van der Waals surface area contributed by atoms with Gasteiger partial charge in [0.15, 0.2) is 0 Å². The van der Waals surface area contributed by atoms with Gasteiger partial charge in [-0.3, -0.25) is 4.98 Å². The normalized spacial score (nSPS) is 10.4. The van der Waals surface area contributed by atoms with Gasteiger partial charge in [0.2, 0.25) is 0 Å². The summed E-state index contributed by atoms with van der Waals surface area (Å²) in [7, 11) is 0. The average Bonchev–Trinajstić information content (AvgIpc) is 2.34. The molecule has 0 unspecified atom stereocenters. The van der Waals surface area contributed by atoms with E-state index < -0.39 is 0 Å². The van der Waals surface area contributed by atoms with Crippen LogP contribution in [0.2, 0.25) is 0 Å². The minimum Gasteiger partial charge on any atom is -0.480 e. The van der Waals surface area contributed by atoms with Gasteiger partial charge in [0.25, 0.3) is 5.95 Å². The van der Waals surface area contributed by atoms with E-state index in [4.69, 9.17) is 9.52 Å². The Bertz CT molecular complexity index is 353. The van der Waals surface area contributed by atoms with Crippen molar-refractivity contribution in [2.24, 2.45) is 0 Å². The molecule has 2 heterocycles. The molecule has 0 aliphatic heterocycles. The van der Waals surface area contributed by atoms with E-state index in [0.717, 1.165) is 0 Å². The predicted molar refractivity (Wildman–Crippen MR) is 35.7 cm³/mol. The van der Waals surface area contributed by atoms with Crippen LogP contribution in [0.5, 0.6) is 5.95 Å². The molecule has 2 aromatic heterocycles. The maximum Gasteiger partial charge on any atom is 0.291 e. The number of aromatic hydroxyl groups is 1. The first-order valence-corrected chi connectivity index (χ1v) is 2.89. The van der Waals surface area contributed by atoms with Crippen molar-refractivity contribution in [1.29, 1.82) is 0 Å². The van der Waals surface area contributed by atoms with E-state index in [9.17, 15) is 0 Å². The van der Waals surface area contributed by atoms with Gasteiger partial charge in [0.05, 0.1) is 5.39 Å². The first-order valence-electron chi connectivity index (χ1n) is 2.89. The first-order chi connectivity index (χ1) is 4.88. The van der Waals surface area contributed by atoms with Crippen LogP contribution in [0.15, 0.2) is 29.0 Å². The van der Waals surface area contributed by atoms with E-state index in [1.54, 1.807) is 18.3 Å². The largest absolute Gasteiger partial charge is 0.480 e. The summed E-state index contributed by atoms with van der Waals surface area (Å²) < 4.78 is 4.71. The second-order valence-corrected chi connectivity index (χ2v) is 1.98. The summed E-state index contributed by atoms with van der Waals surface area (Å²) in [5.74, 6) is -0.0666. The Morgan fingerprint density at radius 1 is 1.50 bits per heavy atom. The Hall–Kier alpha value is -1.51. The van der Waals surface area contributed by atoms with Crippen molar-refractivity contribution in [2.45, 2.75) is 0 Å². The lowest BCUT2D eigenvalue weighted by Gasteiger charge is -1.83. The molecule has 0 saturated heterocycles. The molecule has 2 rings (SSSR count). The molecule has 0 spiro atoms. The molecule has 2 aromatic rings. The summed E-state index contributed by atoms with van der Waals surface area (Å²) >= 11 is 0. The lowest BCUT2D eigenvalue weighted by molar-refractivity contribution is 0.338. The third kappa shape index (κ3) is 0.572. The number of fused-ring (bicyclic) bond motifs is 1. The van der Waals surface area contributed by atoms with Crippen LogP contribution >= 0.6 is 0 Å². The van der Waals surface area contributed by atoms with E-state index >= 15 is 0 Å². The number of aromatic nitrogens is 1. The van der Waals surface area contributed by atoms with Crippen molar-refractivity contribution in [1.82, 2.24) is 4.98 Å². The zero-order valence-corrected chi connectivity index (χ0v) is 5.11. The van der Waals surface area contributed by atoms with Gasteiger partial charge in [0, 0.05) is 6.20 Å². The Balaban J connectivity index is 2.93. The third-order valence-corrected chi connectivity index (χ3v) is 1.35. The molecule has 0 aliphatic carbocycles. The van der Waals surface area contributed by atoms with Crippen LogP contribution in [0.3, 0.4) is 0 Å². The van der Waals surface area contributed by atoms with Gasteiger partial charge in [-0.05, 0) is 12.1 Å². The number of rotatable bonds is 0. The number of hydrogen-bond acceptors (Lipinski definition) is 3. The van der Waals surface area contributed by atoms with E-state index in [0.29, 0.717) is 10.9 Å². The standard InChI is InChI=1S/C7H5NO2/c9-7-5-2-1-3-8-6(5)4-10-7/h1-4,9H. The van der Waals surface area contributed by atoms with E-state index in [1.165, 1.54) is 6.26 Å². The molecule has 3 nitrogen and oxygen atoms in total. The van der Waals surface area contributed by atoms with Gasteiger partial charge in [0.1, 0.15) is 11.8 Å². The van der Waals surface area contributed by atoms with Crippen molar-refractivity contribution in [3.8, 4) is 5.95 Å². The van der Waals surface area contributed by atoms with Gasteiger partial charge in [-0.2, -0.15) is 0 Å². The lowest BCUT2D eigenvalue weighted by atomic mass is 10.3. The Kier molecular flexibility index (Phi) is 0.917. The zero-order chi connectivity index (χ0) is 6.97. The van der Waals surface area contributed by atoms with Gasteiger partial charge in [-0.25, -0.2) is 0 Å². The van der Waals surface area contributed by atoms with Crippen molar-refractivity contribution in [3.05, 3.63) is 24.6 Å². The second-order valence-electron chi connectivity index (χ2n) is 1.98. The molecule has 0 atom stereocenters. The minimum absolute atomic E-state index is 0.0666. The maximum atomic E-state index is 9.00. The molecule has 50 valence electrons. The van der Waals surface area contributed by atoms with E-state index in [-0.39, 0.29) is 5.95 Å². The Labute approximate surface area is 56.9 Å². The summed E-state index contributed by atoms with van der Waals surface area (Å²) in [6.45, 7) is 0. The van der Waals surface area contributed by atoms with Crippen molar-refractivity contribution in [3.63, 3.8) is 0 Å². The van der Waals surface area contributed by atoms with Crippen molar-refractivity contribution < 1.29 is 9.52 Å². The van der Waals surface area contributed by atoms with Crippen LogP contribution in [0.4, 0.5) is 0 Å². The number of nitrogens with zero attached hydrogens (tertiary/aromatic N) is 1. The quantitative estimate of drug-likeness (QED) is 0.595. The summed E-state index contributed by atoms with van der Waals surface area (Å²) in [6, 6.07) is 3.50. The lowest BCUT2D eigenvalue weighted by Crippen LogP contribution is -1.67. The van der Waals surface area contributed by atoms with Gasteiger partial charge in [-0.15, -0.1) is 0 Å². The minimum atomic E-state index is -0.0666. The van der Waals surface area contributed by atoms with Crippen LogP contribution in [0.1, 0.15) is 0 Å². The molecule has 3 heteroatoms. The van der Waals surface area contributed by atoms with Crippen molar-refractivity contribution in [2.75, 3.05) is 0 Å². The Morgan fingerprint density at radius 2 is 2.40 bits per heavy atom. The van der Waals surface area contributed by atoms with Gasteiger partial charge in [-0.1, -0.05) is 0 Å². The van der Waals surface area contributed by atoms with Gasteiger partial charge >= 0.3 is 0 Å². The highest BCUT2D eigenvalue weighted by Gasteiger charge is 2.01. The first kappa shape index (κ1) is 5.29. The molecular formula is C7H5NO2. The summed E-state index contributed by atoms with van der Waals surface area (Å²) in [6.07, 6.45) is 3.07. The van der Waals surface area contributed by atoms with E-state index in [2.05, 4.69) is 4.98 Å². The second kappa shape index (κ2) is 1.73. The van der Waals surface area contributed by atoms with Crippen LogP contribution in [-0.2, 0) is 0 Å². The molecule has 0 amide bonds. The Morgan fingerprint density at radius 3 is 3.20 bits per heavy atom. The third-order valence-electron chi connectivity index (χ3n) is 1.35. The molecule has 0 saturated carbocycles. The van der Waals surface area contributed by atoms with E-state index in [1.807, 2.05) is 0 Å². The highest BCUT2D eigenvalue weighted by Crippen LogP contribution is 2.23. The fraction of sp³-hybridized carbons (Fsp3) is 0. The SMILES string of the molecule is Oc1occ2ncccc12. The summed E-state index contributed by atoms with van der Waals surface area (Å²) in [5, 5.41) is 9.66. The zero-order valence-electron chi connectivity index (χ0n) is 5.11. The van der Waals surface area contributed by atoms with Crippen LogP contribution in [-0.4, -0.2) is 10.1 Å². The maximum absolute atomic E-state index is 9.00. The molecule has 0 fully saturated rings. The summed E-state index contributed by atoms with van der Waals surface area (Å²) in [5.41, 5.74) is 0.681.